The van der Waals surface area contributed by atoms with E-state index >= 15 is 0 Å². The van der Waals surface area contributed by atoms with Crippen molar-refractivity contribution in [2.24, 2.45) is 7.05 Å². The van der Waals surface area contributed by atoms with Crippen molar-refractivity contribution in [3.05, 3.63) is 53.3 Å². The molecule has 1 aromatic carbocycles. The van der Waals surface area contributed by atoms with E-state index in [2.05, 4.69) is 0 Å². The summed E-state index contributed by atoms with van der Waals surface area (Å²) in [4.78, 5) is 29.1. The lowest BCUT2D eigenvalue weighted by Crippen LogP contribution is -2.37. The molecule has 6 heteroatoms. The molecule has 0 unspecified atom stereocenters. The van der Waals surface area contributed by atoms with Crippen LogP contribution in [0, 0.1) is 6.92 Å². The molecule has 0 bridgehead atoms. The molecule has 3 rings (SSSR count). The van der Waals surface area contributed by atoms with Gasteiger partial charge < -0.3 is 19.1 Å². The molecule has 1 aromatic heterocycles. The highest BCUT2D eigenvalue weighted by molar-refractivity contribution is 5.95. The van der Waals surface area contributed by atoms with E-state index in [0.29, 0.717) is 37.3 Å². The van der Waals surface area contributed by atoms with Gasteiger partial charge in [0.25, 0.3) is 11.8 Å². The second-order valence-corrected chi connectivity index (χ2v) is 6.69. The van der Waals surface area contributed by atoms with Crippen LogP contribution in [0.4, 0.5) is 0 Å². The number of methoxy groups -OCH3 is 1. The highest BCUT2D eigenvalue weighted by Crippen LogP contribution is 2.20. The minimum Gasteiger partial charge on any atom is -0.496 e. The van der Waals surface area contributed by atoms with Crippen LogP contribution in [0.25, 0.3) is 0 Å². The fraction of sp³-hybridized carbons (Fsp3) is 0.400. The summed E-state index contributed by atoms with van der Waals surface area (Å²) in [6.45, 7) is 4.34. The van der Waals surface area contributed by atoms with Gasteiger partial charge in [-0.05, 0) is 43.2 Å². The van der Waals surface area contributed by atoms with Crippen molar-refractivity contribution in [3.63, 3.8) is 0 Å². The lowest BCUT2D eigenvalue weighted by molar-refractivity contribution is 0.0718. The lowest BCUT2D eigenvalue weighted by atomic mass is 10.1. The average molecular weight is 355 g/mol. The number of aryl methyl sites for hydroxylation is 2. The first-order valence-corrected chi connectivity index (χ1v) is 8.85. The minimum absolute atomic E-state index is 0.00441. The first kappa shape index (κ1) is 18.0. The molecule has 0 aliphatic carbocycles. The van der Waals surface area contributed by atoms with E-state index in [1.165, 1.54) is 0 Å². The molecule has 2 heterocycles. The fourth-order valence-corrected chi connectivity index (χ4v) is 3.33. The highest BCUT2D eigenvalue weighted by Gasteiger charge is 2.24. The Morgan fingerprint density at radius 2 is 1.62 bits per heavy atom. The second-order valence-electron chi connectivity index (χ2n) is 6.69. The molecule has 26 heavy (non-hydrogen) atoms. The number of carbonyl (C=O) groups excluding carboxylic acids is 2. The summed E-state index contributed by atoms with van der Waals surface area (Å²) in [6.07, 6.45) is 4.47. The lowest BCUT2D eigenvalue weighted by Gasteiger charge is -2.22. The number of hydrogen-bond acceptors (Lipinski definition) is 3. The molecule has 0 N–H and O–H groups in total. The smallest absolute Gasteiger partial charge is 0.255 e. The number of carbonyl (C=O) groups is 2. The largest absolute Gasteiger partial charge is 0.496 e. The zero-order valence-corrected chi connectivity index (χ0v) is 15.6. The average Bonchev–Trinajstić information content (AvgIpc) is 2.92. The Balaban J connectivity index is 1.67. The quantitative estimate of drug-likeness (QED) is 0.849. The summed E-state index contributed by atoms with van der Waals surface area (Å²) in [5, 5.41) is 0. The Bertz CT molecular complexity index is 812. The van der Waals surface area contributed by atoms with E-state index < -0.39 is 0 Å². The third-order valence-corrected chi connectivity index (χ3v) is 4.79. The van der Waals surface area contributed by atoms with E-state index in [-0.39, 0.29) is 11.8 Å². The minimum atomic E-state index is 0.00441. The summed E-state index contributed by atoms with van der Waals surface area (Å²) >= 11 is 0. The van der Waals surface area contributed by atoms with Gasteiger partial charge in [-0.1, -0.05) is 0 Å². The Kier molecular flexibility index (Phi) is 5.30. The maximum Gasteiger partial charge on any atom is 0.255 e. The van der Waals surface area contributed by atoms with Crippen LogP contribution < -0.4 is 4.74 Å². The fourth-order valence-electron chi connectivity index (χ4n) is 3.33. The molecule has 6 nitrogen and oxygen atoms in total. The number of aromatic nitrogens is 1. The number of amides is 2. The van der Waals surface area contributed by atoms with Gasteiger partial charge in [0.2, 0.25) is 0 Å². The Hall–Kier alpha value is -2.76. The maximum atomic E-state index is 12.8. The van der Waals surface area contributed by atoms with Gasteiger partial charge in [-0.25, -0.2) is 0 Å². The summed E-state index contributed by atoms with van der Waals surface area (Å²) < 4.78 is 7.13. The first-order valence-electron chi connectivity index (χ1n) is 8.85. The van der Waals surface area contributed by atoms with Gasteiger partial charge in [0.1, 0.15) is 5.75 Å². The predicted molar refractivity (Wildman–Crippen MR) is 99.6 cm³/mol. The Labute approximate surface area is 154 Å². The van der Waals surface area contributed by atoms with Crippen LogP contribution in [0.5, 0.6) is 5.75 Å². The Morgan fingerprint density at radius 1 is 0.962 bits per heavy atom. The SMILES string of the molecule is COc1ccc(C(=O)N2CCCN(C(=O)c3ccn(C)c3)CC2)cc1C. The number of benzene rings is 1. The number of ether oxygens (including phenoxy) is 1. The third kappa shape index (κ3) is 3.74. The summed E-state index contributed by atoms with van der Waals surface area (Å²) in [5.74, 6) is 0.807. The van der Waals surface area contributed by atoms with Gasteiger partial charge in [-0.3, -0.25) is 9.59 Å². The summed E-state index contributed by atoms with van der Waals surface area (Å²) in [6, 6.07) is 7.31. The van der Waals surface area contributed by atoms with E-state index in [4.69, 9.17) is 4.74 Å². The van der Waals surface area contributed by atoms with Crippen LogP contribution in [0.3, 0.4) is 0 Å². The Morgan fingerprint density at radius 3 is 2.15 bits per heavy atom. The molecule has 1 aliphatic heterocycles. The molecule has 0 spiro atoms. The number of hydrogen-bond donors (Lipinski definition) is 0. The van der Waals surface area contributed by atoms with Gasteiger partial charge in [-0.15, -0.1) is 0 Å². The molecular formula is C20H25N3O3. The molecule has 0 saturated carbocycles. The predicted octanol–water partition coefficient (Wildman–Crippen LogP) is 2.33. The molecule has 138 valence electrons. The van der Waals surface area contributed by atoms with Gasteiger partial charge in [0.05, 0.1) is 12.7 Å². The van der Waals surface area contributed by atoms with Gasteiger partial charge in [0, 0.05) is 51.2 Å². The van der Waals surface area contributed by atoms with E-state index in [0.717, 1.165) is 17.7 Å². The normalized spacial score (nSPS) is 14.9. The van der Waals surface area contributed by atoms with Crippen LogP contribution >= 0.6 is 0 Å². The van der Waals surface area contributed by atoms with Crippen LogP contribution in [0.15, 0.2) is 36.7 Å². The van der Waals surface area contributed by atoms with Crippen molar-refractivity contribution < 1.29 is 14.3 Å². The van der Waals surface area contributed by atoms with Crippen LogP contribution in [0.1, 0.15) is 32.7 Å². The van der Waals surface area contributed by atoms with Crippen LogP contribution in [-0.2, 0) is 7.05 Å². The molecule has 1 fully saturated rings. The molecule has 0 atom stereocenters. The monoisotopic (exact) mass is 355 g/mol. The van der Waals surface area contributed by atoms with Crippen molar-refractivity contribution in [3.8, 4) is 5.75 Å². The number of rotatable bonds is 3. The molecule has 2 amide bonds. The van der Waals surface area contributed by atoms with Crippen molar-refractivity contribution >= 4 is 11.8 Å². The van der Waals surface area contributed by atoms with Crippen molar-refractivity contribution in [1.29, 1.82) is 0 Å². The van der Waals surface area contributed by atoms with Crippen LogP contribution in [0.2, 0.25) is 0 Å². The number of nitrogens with zero attached hydrogens (tertiary/aromatic N) is 3. The zero-order valence-electron chi connectivity index (χ0n) is 15.6. The van der Waals surface area contributed by atoms with E-state index in [1.807, 2.05) is 58.9 Å². The van der Waals surface area contributed by atoms with Gasteiger partial charge in [0.15, 0.2) is 0 Å². The zero-order chi connectivity index (χ0) is 18.7. The first-order chi connectivity index (χ1) is 12.5. The van der Waals surface area contributed by atoms with Crippen molar-refractivity contribution in [1.82, 2.24) is 14.4 Å². The van der Waals surface area contributed by atoms with Crippen molar-refractivity contribution in [2.45, 2.75) is 13.3 Å². The third-order valence-electron chi connectivity index (χ3n) is 4.79. The van der Waals surface area contributed by atoms with Crippen molar-refractivity contribution in [2.75, 3.05) is 33.3 Å². The highest BCUT2D eigenvalue weighted by atomic mass is 16.5. The van der Waals surface area contributed by atoms with Gasteiger partial charge in [-0.2, -0.15) is 0 Å². The van der Waals surface area contributed by atoms with E-state index in [1.54, 1.807) is 13.2 Å². The molecular weight excluding hydrogens is 330 g/mol. The molecule has 2 aromatic rings. The summed E-state index contributed by atoms with van der Waals surface area (Å²) in [7, 11) is 3.52. The summed E-state index contributed by atoms with van der Waals surface area (Å²) in [5.41, 5.74) is 2.29. The maximum absolute atomic E-state index is 12.8. The van der Waals surface area contributed by atoms with Crippen LogP contribution in [-0.4, -0.2) is 59.5 Å². The molecule has 0 radical (unpaired) electrons. The van der Waals surface area contributed by atoms with E-state index in [9.17, 15) is 9.59 Å². The van der Waals surface area contributed by atoms with Gasteiger partial charge >= 0.3 is 0 Å². The molecule has 1 aliphatic rings. The molecule has 1 saturated heterocycles. The standard InChI is InChI=1S/C20H25N3O3/c1-15-13-16(5-6-18(15)26-3)19(24)22-8-4-9-23(12-11-22)20(25)17-7-10-21(2)14-17/h5-7,10,13-14H,4,8-9,11-12H2,1-3H3. The topological polar surface area (TPSA) is 54.8 Å². The second kappa shape index (κ2) is 7.64.